The Bertz CT molecular complexity index is 3510. The Morgan fingerprint density at radius 2 is 0.841 bits per heavy atom. The Hall–Kier alpha value is -7.22. The van der Waals surface area contributed by atoms with Crippen LogP contribution in [0.5, 0.6) is 0 Å². The van der Waals surface area contributed by atoms with Gasteiger partial charge in [-0.3, -0.25) is 0 Å². The van der Waals surface area contributed by atoms with Gasteiger partial charge in [0.25, 0.3) is 0 Å². The van der Waals surface area contributed by atoms with Crippen LogP contribution in [0, 0.1) is 23.7 Å². The highest BCUT2D eigenvalue weighted by atomic mass is 15.1. The molecule has 0 aliphatic heterocycles. The molecule has 4 fully saturated rings. The van der Waals surface area contributed by atoms with Gasteiger partial charge < -0.3 is 4.90 Å². The van der Waals surface area contributed by atoms with Crippen molar-refractivity contribution in [1.82, 2.24) is 0 Å². The standard InChI is InChI=1S/C68H55N/c1-67(2)62-18-10-8-15-55(62)57-32-29-53(41-64(57)67)69(52-30-33-60-61(40-52)54-14-6-7-17-59(54)66(60)47-12-4-3-5-13-47)51-27-24-45(25-28-51)44-20-22-46(23-21-44)48-26-31-58-56-16-9-11-19-63(56)68(65(58)39-48)49-35-42-34-43(37-49)38-50(68)36-42/h3-33,39-43,49-50,66H,34-38H2,1-2H3. The molecule has 7 aliphatic rings. The van der Waals surface area contributed by atoms with Gasteiger partial charge in [-0.2, -0.15) is 0 Å². The van der Waals surface area contributed by atoms with E-state index in [-0.39, 0.29) is 16.7 Å². The molecular weight excluding hydrogens is 831 g/mol. The number of rotatable bonds is 6. The third kappa shape index (κ3) is 5.65. The summed E-state index contributed by atoms with van der Waals surface area (Å²) < 4.78 is 0. The summed E-state index contributed by atoms with van der Waals surface area (Å²) in [4.78, 5) is 2.48. The molecule has 1 heteroatoms. The molecule has 0 saturated heterocycles. The van der Waals surface area contributed by atoms with Gasteiger partial charge in [-0.25, -0.2) is 0 Å². The highest BCUT2D eigenvalue weighted by molar-refractivity contribution is 5.90. The highest BCUT2D eigenvalue weighted by Crippen LogP contribution is 2.69. The quantitative estimate of drug-likeness (QED) is 0.161. The van der Waals surface area contributed by atoms with Gasteiger partial charge >= 0.3 is 0 Å². The lowest BCUT2D eigenvalue weighted by atomic mass is 9.43. The van der Waals surface area contributed by atoms with Gasteiger partial charge in [0.1, 0.15) is 0 Å². The molecule has 7 aliphatic carbocycles. The van der Waals surface area contributed by atoms with Gasteiger partial charge in [0, 0.05) is 33.8 Å². The van der Waals surface area contributed by atoms with Crippen LogP contribution in [0.4, 0.5) is 17.1 Å². The predicted octanol–water partition coefficient (Wildman–Crippen LogP) is 17.7. The second kappa shape index (κ2) is 14.6. The van der Waals surface area contributed by atoms with E-state index in [9.17, 15) is 0 Å². The van der Waals surface area contributed by atoms with E-state index in [1.807, 2.05) is 0 Å². The summed E-state index contributed by atoms with van der Waals surface area (Å²) in [6.45, 7) is 4.76. The summed E-state index contributed by atoms with van der Waals surface area (Å²) in [5.74, 6) is 3.63. The van der Waals surface area contributed by atoms with Crippen LogP contribution in [0.2, 0.25) is 0 Å². The molecule has 0 N–H and O–H groups in total. The van der Waals surface area contributed by atoms with E-state index in [0.29, 0.717) is 0 Å². The van der Waals surface area contributed by atoms with Crippen molar-refractivity contribution in [2.45, 2.75) is 62.7 Å². The molecule has 4 bridgehead atoms. The van der Waals surface area contributed by atoms with Crippen molar-refractivity contribution < 1.29 is 0 Å². The van der Waals surface area contributed by atoms with Crippen LogP contribution in [0.3, 0.4) is 0 Å². The Morgan fingerprint density at radius 3 is 1.57 bits per heavy atom. The average Bonchev–Trinajstić information content (AvgIpc) is 3.96. The first kappa shape index (κ1) is 39.7. The fraction of sp³-hybridized carbons (Fsp3) is 0.206. The first-order valence-electron chi connectivity index (χ1n) is 25.7. The normalized spacial score (nSPS) is 23.2. The molecule has 1 atom stereocenters. The summed E-state index contributed by atoms with van der Waals surface area (Å²) in [5, 5.41) is 0. The molecular formula is C68H55N. The Morgan fingerprint density at radius 1 is 0.348 bits per heavy atom. The monoisotopic (exact) mass is 885 g/mol. The fourth-order valence-electron chi connectivity index (χ4n) is 15.6. The molecule has 0 aromatic heterocycles. The molecule has 0 radical (unpaired) electrons. The van der Waals surface area contributed by atoms with Gasteiger partial charge in [-0.05, 0) is 193 Å². The molecule has 0 amide bonds. The second-order valence-corrected chi connectivity index (χ2v) is 22.0. The van der Waals surface area contributed by atoms with Crippen LogP contribution < -0.4 is 4.90 Å². The van der Waals surface area contributed by atoms with Crippen LogP contribution >= 0.6 is 0 Å². The first-order chi connectivity index (χ1) is 33.9. The minimum atomic E-state index is -0.106. The van der Waals surface area contributed by atoms with E-state index < -0.39 is 0 Å². The average molecular weight is 886 g/mol. The number of hydrogen-bond acceptors (Lipinski definition) is 1. The van der Waals surface area contributed by atoms with Crippen LogP contribution in [0.25, 0.3) is 55.6 Å². The summed E-state index contributed by atoms with van der Waals surface area (Å²) in [7, 11) is 0. The van der Waals surface area contributed by atoms with Gasteiger partial charge in [0.05, 0.1) is 0 Å². The van der Waals surface area contributed by atoms with Gasteiger partial charge in [0.2, 0.25) is 0 Å². The van der Waals surface area contributed by atoms with Gasteiger partial charge in [0.15, 0.2) is 0 Å². The van der Waals surface area contributed by atoms with Gasteiger partial charge in [-0.15, -0.1) is 0 Å². The van der Waals surface area contributed by atoms with Crippen molar-refractivity contribution in [2.24, 2.45) is 23.7 Å². The maximum absolute atomic E-state index is 2.62. The number of hydrogen-bond donors (Lipinski definition) is 0. The molecule has 1 unspecified atom stereocenters. The maximum Gasteiger partial charge on any atom is 0.0468 e. The lowest BCUT2D eigenvalue weighted by Crippen LogP contribution is -2.55. The van der Waals surface area contributed by atoms with E-state index in [2.05, 4.69) is 225 Å². The van der Waals surface area contributed by atoms with Crippen LogP contribution in [0.15, 0.2) is 206 Å². The number of benzene rings is 9. The molecule has 9 aromatic carbocycles. The summed E-state index contributed by atoms with van der Waals surface area (Å²) in [6, 6.07) is 78.9. The number of nitrogens with zero attached hydrogens (tertiary/aromatic N) is 1. The Kier molecular flexibility index (Phi) is 8.44. The zero-order valence-corrected chi connectivity index (χ0v) is 39.5. The lowest BCUT2D eigenvalue weighted by Gasteiger charge is -2.61. The van der Waals surface area contributed by atoms with Crippen molar-refractivity contribution in [3.8, 4) is 55.6 Å². The smallest absolute Gasteiger partial charge is 0.0468 e. The molecule has 0 heterocycles. The second-order valence-electron chi connectivity index (χ2n) is 22.0. The lowest BCUT2D eigenvalue weighted by molar-refractivity contribution is -0.0399. The van der Waals surface area contributed by atoms with Crippen molar-refractivity contribution >= 4 is 17.1 Å². The Labute approximate surface area is 407 Å². The van der Waals surface area contributed by atoms with Crippen molar-refractivity contribution in [2.75, 3.05) is 4.90 Å². The third-order valence-electron chi connectivity index (χ3n) is 18.4. The molecule has 16 rings (SSSR count). The zero-order chi connectivity index (χ0) is 45.6. The molecule has 4 saturated carbocycles. The topological polar surface area (TPSA) is 3.24 Å². The predicted molar refractivity (Wildman–Crippen MR) is 286 cm³/mol. The summed E-state index contributed by atoms with van der Waals surface area (Å²) >= 11 is 0. The minimum absolute atomic E-state index is 0.106. The third-order valence-corrected chi connectivity index (χ3v) is 18.4. The molecule has 1 nitrogen and oxygen atoms in total. The van der Waals surface area contributed by atoms with Crippen molar-refractivity contribution in [3.63, 3.8) is 0 Å². The molecule has 332 valence electrons. The fourth-order valence-corrected chi connectivity index (χ4v) is 15.6. The number of anilines is 3. The van der Waals surface area contributed by atoms with E-state index in [4.69, 9.17) is 0 Å². The minimum Gasteiger partial charge on any atom is -0.310 e. The van der Waals surface area contributed by atoms with Crippen molar-refractivity contribution in [3.05, 3.63) is 245 Å². The number of fused-ring (bicyclic) bond motifs is 9. The zero-order valence-electron chi connectivity index (χ0n) is 39.5. The summed E-state index contributed by atoms with van der Waals surface area (Å²) in [6.07, 6.45) is 7.12. The molecule has 69 heavy (non-hydrogen) atoms. The maximum atomic E-state index is 2.62. The summed E-state index contributed by atoms with van der Waals surface area (Å²) in [5.41, 5.74) is 27.1. The molecule has 1 spiro atoms. The van der Waals surface area contributed by atoms with E-state index >= 15 is 0 Å². The van der Waals surface area contributed by atoms with Crippen LogP contribution in [-0.4, -0.2) is 0 Å². The SMILES string of the molecule is CC1(C)c2ccccc2-c2ccc(N(c3ccc(-c4ccc(-c5ccc6c(c5)C5(c7ccccc7-6)C6CC7CC(C6)CC5C7)cc4)cc3)c3ccc4c(c3)-c3ccccc3C4c3ccccc3)cc21. The largest absolute Gasteiger partial charge is 0.310 e. The van der Waals surface area contributed by atoms with Crippen molar-refractivity contribution in [1.29, 1.82) is 0 Å². The Balaban J connectivity index is 0.794. The van der Waals surface area contributed by atoms with Crippen LogP contribution in [-0.2, 0) is 10.8 Å². The van der Waals surface area contributed by atoms with Crippen LogP contribution in [0.1, 0.15) is 90.8 Å². The first-order valence-corrected chi connectivity index (χ1v) is 25.7. The van der Waals surface area contributed by atoms with E-state index in [0.717, 1.165) is 35.0 Å². The van der Waals surface area contributed by atoms with E-state index in [1.165, 1.54) is 121 Å². The molecule has 9 aromatic rings. The highest BCUT2D eigenvalue weighted by Gasteiger charge is 2.61. The van der Waals surface area contributed by atoms with Gasteiger partial charge in [-0.1, -0.05) is 178 Å². The van der Waals surface area contributed by atoms with E-state index in [1.54, 1.807) is 11.1 Å².